The highest BCUT2D eigenvalue weighted by Gasteiger charge is 2.17. The summed E-state index contributed by atoms with van der Waals surface area (Å²) in [6, 6.07) is 0.505. The molecule has 2 atom stereocenters. The third-order valence-electron chi connectivity index (χ3n) is 2.41. The summed E-state index contributed by atoms with van der Waals surface area (Å²) >= 11 is 0. The Bertz CT molecular complexity index is 124. The fraction of sp³-hybridized carbons (Fsp3) is 1.00. The van der Waals surface area contributed by atoms with Crippen LogP contribution in [0.2, 0.25) is 0 Å². The fourth-order valence-corrected chi connectivity index (χ4v) is 1.51. The Labute approximate surface area is 80.8 Å². The highest BCUT2D eigenvalue weighted by atomic mass is 16.5. The Kier molecular flexibility index (Phi) is 5.35. The Hall–Kier alpha value is -0.120. The van der Waals surface area contributed by atoms with Gasteiger partial charge in [-0.3, -0.25) is 0 Å². The van der Waals surface area contributed by atoms with Crippen LogP contribution in [0.3, 0.4) is 0 Å². The van der Waals surface area contributed by atoms with Crippen molar-refractivity contribution in [1.29, 1.82) is 0 Å². The van der Waals surface area contributed by atoms with E-state index >= 15 is 0 Å². The zero-order valence-corrected chi connectivity index (χ0v) is 8.71. The number of hydrogen-bond acceptors (Lipinski definition) is 3. The number of ether oxygens (including phenoxy) is 2. The molecule has 0 spiro atoms. The van der Waals surface area contributed by atoms with E-state index in [0.717, 1.165) is 39.2 Å². The van der Waals surface area contributed by atoms with E-state index < -0.39 is 0 Å². The molecular weight excluding hydrogens is 166 g/mol. The van der Waals surface area contributed by atoms with Gasteiger partial charge in [-0.2, -0.15) is 0 Å². The molecule has 1 aliphatic heterocycles. The number of nitrogens with one attached hydrogen (secondary N) is 1. The first kappa shape index (κ1) is 11.0. The van der Waals surface area contributed by atoms with E-state index in [1.54, 1.807) is 0 Å². The van der Waals surface area contributed by atoms with Crippen LogP contribution in [0.5, 0.6) is 0 Å². The van der Waals surface area contributed by atoms with Crippen molar-refractivity contribution in [2.75, 3.05) is 26.4 Å². The summed E-state index contributed by atoms with van der Waals surface area (Å²) in [6.45, 7) is 7.79. The molecule has 1 fully saturated rings. The largest absolute Gasteiger partial charge is 0.379 e. The maximum absolute atomic E-state index is 5.72. The quantitative estimate of drug-likeness (QED) is 0.677. The van der Waals surface area contributed by atoms with Crippen molar-refractivity contribution < 1.29 is 9.47 Å². The van der Waals surface area contributed by atoms with Crippen LogP contribution >= 0.6 is 0 Å². The van der Waals surface area contributed by atoms with Crippen molar-refractivity contribution in [3.8, 4) is 0 Å². The lowest BCUT2D eigenvalue weighted by Gasteiger charge is -2.18. The molecule has 0 bridgehead atoms. The van der Waals surface area contributed by atoms with Crippen LogP contribution < -0.4 is 5.32 Å². The second-order valence-electron chi connectivity index (χ2n) is 3.48. The molecule has 1 heterocycles. The lowest BCUT2D eigenvalue weighted by molar-refractivity contribution is 0.0297. The van der Waals surface area contributed by atoms with E-state index in [2.05, 4.69) is 19.2 Å². The van der Waals surface area contributed by atoms with Gasteiger partial charge >= 0.3 is 0 Å². The van der Waals surface area contributed by atoms with E-state index in [-0.39, 0.29) is 0 Å². The minimum atomic E-state index is 0.340. The van der Waals surface area contributed by atoms with Crippen LogP contribution in [0, 0.1) is 0 Å². The summed E-state index contributed by atoms with van der Waals surface area (Å²) < 4.78 is 11.0. The van der Waals surface area contributed by atoms with E-state index in [0.29, 0.717) is 12.1 Å². The molecule has 78 valence electrons. The van der Waals surface area contributed by atoms with Gasteiger partial charge in [0.2, 0.25) is 0 Å². The molecule has 1 N–H and O–H groups in total. The lowest BCUT2D eigenvalue weighted by Crippen LogP contribution is -2.34. The smallest absolute Gasteiger partial charge is 0.0831 e. The van der Waals surface area contributed by atoms with Crippen LogP contribution in [0.15, 0.2) is 0 Å². The predicted octanol–water partition coefficient (Wildman–Crippen LogP) is 1.18. The van der Waals surface area contributed by atoms with Gasteiger partial charge in [0.15, 0.2) is 0 Å². The summed E-state index contributed by atoms with van der Waals surface area (Å²) in [7, 11) is 0. The summed E-state index contributed by atoms with van der Waals surface area (Å²) in [4.78, 5) is 0. The first-order valence-electron chi connectivity index (χ1n) is 5.29. The molecule has 13 heavy (non-hydrogen) atoms. The van der Waals surface area contributed by atoms with Gasteiger partial charge in [-0.1, -0.05) is 13.8 Å². The SMILES string of the molecule is CCNC(CC)COC1CCOC1. The van der Waals surface area contributed by atoms with Crippen LogP contribution in [0.25, 0.3) is 0 Å². The standard InChI is InChI=1S/C10H21NO2/c1-3-9(11-4-2)7-13-10-5-6-12-8-10/h9-11H,3-8H2,1-2H3. The van der Waals surface area contributed by atoms with Crippen molar-refractivity contribution in [2.45, 2.75) is 38.8 Å². The summed E-state index contributed by atoms with van der Waals surface area (Å²) in [6.07, 6.45) is 2.52. The van der Waals surface area contributed by atoms with Crippen LogP contribution in [0.1, 0.15) is 26.7 Å². The molecule has 0 aromatic carbocycles. The van der Waals surface area contributed by atoms with Crippen molar-refractivity contribution in [2.24, 2.45) is 0 Å². The Morgan fingerprint density at radius 3 is 2.92 bits per heavy atom. The maximum Gasteiger partial charge on any atom is 0.0831 e. The van der Waals surface area contributed by atoms with E-state index in [1.165, 1.54) is 0 Å². The van der Waals surface area contributed by atoms with Crippen molar-refractivity contribution in [3.63, 3.8) is 0 Å². The van der Waals surface area contributed by atoms with E-state index in [9.17, 15) is 0 Å². The molecule has 0 aromatic rings. The van der Waals surface area contributed by atoms with Gasteiger partial charge in [0.1, 0.15) is 0 Å². The van der Waals surface area contributed by atoms with Crippen molar-refractivity contribution >= 4 is 0 Å². The summed E-state index contributed by atoms with van der Waals surface area (Å²) in [5.74, 6) is 0. The molecule has 1 aliphatic rings. The fourth-order valence-electron chi connectivity index (χ4n) is 1.51. The Morgan fingerprint density at radius 1 is 1.54 bits per heavy atom. The molecule has 0 aromatic heterocycles. The third-order valence-corrected chi connectivity index (χ3v) is 2.41. The molecular formula is C10H21NO2. The molecule has 1 saturated heterocycles. The molecule has 3 nitrogen and oxygen atoms in total. The molecule has 0 saturated carbocycles. The Balaban J connectivity index is 2.07. The van der Waals surface area contributed by atoms with Gasteiger partial charge in [0.25, 0.3) is 0 Å². The lowest BCUT2D eigenvalue weighted by atomic mass is 10.2. The summed E-state index contributed by atoms with van der Waals surface area (Å²) in [5, 5.41) is 3.39. The average molecular weight is 187 g/mol. The minimum Gasteiger partial charge on any atom is -0.379 e. The van der Waals surface area contributed by atoms with Crippen molar-refractivity contribution in [1.82, 2.24) is 5.32 Å². The first-order valence-corrected chi connectivity index (χ1v) is 5.29. The zero-order valence-electron chi connectivity index (χ0n) is 8.71. The number of hydrogen-bond donors (Lipinski definition) is 1. The number of rotatable bonds is 6. The van der Waals surface area contributed by atoms with Crippen LogP contribution in [0.4, 0.5) is 0 Å². The van der Waals surface area contributed by atoms with Gasteiger partial charge in [-0.15, -0.1) is 0 Å². The van der Waals surface area contributed by atoms with Gasteiger partial charge < -0.3 is 14.8 Å². The van der Waals surface area contributed by atoms with Gasteiger partial charge in [-0.25, -0.2) is 0 Å². The van der Waals surface area contributed by atoms with E-state index in [1.807, 2.05) is 0 Å². The van der Waals surface area contributed by atoms with E-state index in [4.69, 9.17) is 9.47 Å². The van der Waals surface area contributed by atoms with Crippen LogP contribution in [-0.2, 0) is 9.47 Å². The molecule has 1 rings (SSSR count). The molecule has 2 unspecified atom stereocenters. The van der Waals surface area contributed by atoms with Crippen LogP contribution in [-0.4, -0.2) is 38.5 Å². The van der Waals surface area contributed by atoms with Gasteiger partial charge in [-0.05, 0) is 19.4 Å². The highest BCUT2D eigenvalue weighted by Crippen LogP contribution is 2.08. The van der Waals surface area contributed by atoms with Crippen molar-refractivity contribution in [3.05, 3.63) is 0 Å². The van der Waals surface area contributed by atoms with Gasteiger partial charge in [0, 0.05) is 12.6 Å². The first-order chi connectivity index (χ1) is 6.36. The maximum atomic E-state index is 5.72. The summed E-state index contributed by atoms with van der Waals surface area (Å²) in [5.41, 5.74) is 0. The zero-order chi connectivity index (χ0) is 9.52. The van der Waals surface area contributed by atoms with Gasteiger partial charge in [0.05, 0.1) is 19.3 Å². The molecule has 3 heteroatoms. The number of likely N-dealkylation sites (N-methyl/N-ethyl adjacent to an activating group) is 1. The minimum absolute atomic E-state index is 0.340. The Morgan fingerprint density at radius 2 is 2.38 bits per heavy atom. The molecule has 0 aliphatic carbocycles. The normalized spacial score (nSPS) is 24.9. The monoisotopic (exact) mass is 187 g/mol. The average Bonchev–Trinajstić information content (AvgIpc) is 2.64. The molecule has 0 amide bonds. The predicted molar refractivity (Wildman–Crippen MR) is 52.9 cm³/mol. The second kappa shape index (κ2) is 6.35. The second-order valence-corrected chi connectivity index (χ2v) is 3.48. The topological polar surface area (TPSA) is 30.5 Å². The highest BCUT2D eigenvalue weighted by molar-refractivity contribution is 4.67. The molecule has 0 radical (unpaired) electrons. The third kappa shape index (κ3) is 4.07.